The second kappa shape index (κ2) is 15.4. The van der Waals surface area contributed by atoms with Crippen molar-refractivity contribution in [2.75, 3.05) is 0 Å². The highest BCUT2D eigenvalue weighted by Gasteiger charge is 2.21. The summed E-state index contributed by atoms with van der Waals surface area (Å²) < 4.78 is 2.26. The van der Waals surface area contributed by atoms with Gasteiger partial charge < -0.3 is 0 Å². The van der Waals surface area contributed by atoms with Gasteiger partial charge in [-0.05, 0) is 58.7 Å². The number of hydrogen-bond acceptors (Lipinski definition) is 5. The molecule has 0 aliphatic carbocycles. The van der Waals surface area contributed by atoms with E-state index in [0.717, 1.165) is 83.4 Å². The minimum absolute atomic E-state index is 0.623. The molecule has 0 N–H and O–H groups in total. The van der Waals surface area contributed by atoms with Gasteiger partial charge in [0.15, 0.2) is 23.3 Å². The first-order valence-electron chi connectivity index (χ1n) is 20.3. The van der Waals surface area contributed by atoms with Gasteiger partial charge >= 0.3 is 0 Å². The van der Waals surface area contributed by atoms with E-state index in [2.05, 4.69) is 138 Å². The Labute approximate surface area is 353 Å². The molecule has 0 fully saturated rings. The maximum Gasteiger partial charge on any atom is 0.164 e. The lowest BCUT2D eigenvalue weighted by atomic mass is 9.96. The van der Waals surface area contributed by atoms with Crippen LogP contribution in [0.5, 0.6) is 0 Å². The Morgan fingerprint density at radius 3 is 1.20 bits per heavy atom. The number of aromatic nitrogens is 6. The van der Waals surface area contributed by atoms with Gasteiger partial charge in [0.2, 0.25) is 0 Å². The molecule has 0 spiro atoms. The van der Waals surface area contributed by atoms with E-state index >= 15 is 0 Å². The van der Waals surface area contributed by atoms with Crippen molar-refractivity contribution in [1.82, 2.24) is 29.5 Å². The van der Waals surface area contributed by atoms with Gasteiger partial charge in [0.25, 0.3) is 0 Å². The van der Waals surface area contributed by atoms with Gasteiger partial charge in [-0.1, -0.05) is 182 Å². The van der Waals surface area contributed by atoms with Crippen LogP contribution < -0.4 is 0 Å². The van der Waals surface area contributed by atoms with Crippen LogP contribution in [0.15, 0.2) is 218 Å². The summed E-state index contributed by atoms with van der Waals surface area (Å²) in [6, 6.07) is 75.2. The van der Waals surface area contributed by atoms with Crippen LogP contribution >= 0.6 is 0 Å². The summed E-state index contributed by atoms with van der Waals surface area (Å²) in [7, 11) is 0. The lowest BCUT2D eigenvalue weighted by Gasteiger charge is -2.12. The Morgan fingerprint density at radius 2 is 0.656 bits per heavy atom. The Kier molecular flexibility index (Phi) is 9.06. The average molecular weight is 781 g/mol. The zero-order valence-electron chi connectivity index (χ0n) is 33.0. The topological polar surface area (TPSA) is 69.4 Å². The summed E-state index contributed by atoms with van der Waals surface area (Å²) in [6.45, 7) is 0. The molecule has 286 valence electrons. The van der Waals surface area contributed by atoms with Crippen LogP contribution in [0.25, 0.3) is 107 Å². The van der Waals surface area contributed by atoms with E-state index < -0.39 is 0 Å². The van der Waals surface area contributed by atoms with Gasteiger partial charge in [-0.3, -0.25) is 4.57 Å². The highest BCUT2D eigenvalue weighted by atomic mass is 15.1. The lowest BCUT2D eigenvalue weighted by molar-refractivity contribution is 1.07. The maximum atomic E-state index is 5.35. The van der Waals surface area contributed by atoms with Crippen molar-refractivity contribution in [2.24, 2.45) is 0 Å². The van der Waals surface area contributed by atoms with Crippen LogP contribution in [0, 0.1) is 0 Å². The fraction of sp³-hybridized carbons (Fsp3) is 0. The third-order valence-electron chi connectivity index (χ3n) is 11.0. The second-order valence-electron chi connectivity index (χ2n) is 14.9. The summed E-state index contributed by atoms with van der Waals surface area (Å²) in [5.41, 5.74) is 13.0. The summed E-state index contributed by atoms with van der Waals surface area (Å²) >= 11 is 0. The van der Waals surface area contributed by atoms with E-state index in [9.17, 15) is 0 Å². The Morgan fingerprint density at radius 1 is 0.279 bits per heavy atom. The molecule has 11 aromatic rings. The summed E-state index contributed by atoms with van der Waals surface area (Å²) in [5.74, 6) is 2.58. The molecule has 0 unspecified atom stereocenters. The van der Waals surface area contributed by atoms with Crippen molar-refractivity contribution in [3.63, 3.8) is 0 Å². The number of para-hydroxylation sites is 2. The fourth-order valence-corrected chi connectivity index (χ4v) is 8.12. The molecule has 0 bridgehead atoms. The van der Waals surface area contributed by atoms with Crippen LogP contribution in [-0.2, 0) is 0 Å². The van der Waals surface area contributed by atoms with Crippen molar-refractivity contribution in [2.45, 2.75) is 0 Å². The van der Waals surface area contributed by atoms with Gasteiger partial charge in [-0.15, -0.1) is 0 Å². The van der Waals surface area contributed by atoms with Crippen molar-refractivity contribution in [3.05, 3.63) is 218 Å². The summed E-state index contributed by atoms with van der Waals surface area (Å²) in [6.07, 6.45) is 0. The van der Waals surface area contributed by atoms with Crippen LogP contribution in [0.3, 0.4) is 0 Å². The molecule has 0 saturated carbocycles. The molecule has 0 saturated heterocycles. The molecule has 0 radical (unpaired) electrons. The maximum absolute atomic E-state index is 5.35. The van der Waals surface area contributed by atoms with E-state index in [1.165, 1.54) is 0 Å². The molecule has 3 aromatic heterocycles. The largest absolute Gasteiger partial charge is 0.294 e. The molecule has 0 aliphatic rings. The fourth-order valence-electron chi connectivity index (χ4n) is 8.12. The van der Waals surface area contributed by atoms with E-state index in [1.54, 1.807) is 0 Å². The standard InChI is InChI=1S/C55H36N6/c1-5-18-37(19-6-1)51-56-50(49-47-32-13-14-33-48(47)61(55(49)60-51)46-30-11-4-12-31-46)44-28-16-26-42(35-44)40-24-15-25-41(34-40)43-27-17-29-45(36-43)54-58-52(38-20-7-2-8-21-38)57-53(59-54)39-22-9-3-10-23-39/h1-36H. The summed E-state index contributed by atoms with van der Waals surface area (Å²) in [5, 5.41) is 2.12. The first-order valence-corrected chi connectivity index (χ1v) is 20.3. The first-order chi connectivity index (χ1) is 30.2. The molecular formula is C55H36N6. The Bertz CT molecular complexity index is 3290. The van der Waals surface area contributed by atoms with E-state index in [-0.39, 0.29) is 0 Å². The minimum atomic E-state index is 0.623. The Hall–Kier alpha value is -8.35. The van der Waals surface area contributed by atoms with Crippen LogP contribution in [0.4, 0.5) is 0 Å². The zero-order chi connectivity index (χ0) is 40.5. The number of nitrogens with zero attached hydrogens (tertiary/aromatic N) is 6. The third kappa shape index (κ3) is 6.82. The molecule has 8 aromatic carbocycles. The normalized spacial score (nSPS) is 11.3. The first kappa shape index (κ1) is 35.8. The van der Waals surface area contributed by atoms with E-state index in [4.69, 9.17) is 24.9 Å². The number of fused-ring (bicyclic) bond motifs is 3. The van der Waals surface area contributed by atoms with E-state index in [1.807, 2.05) is 84.9 Å². The number of benzene rings is 8. The van der Waals surface area contributed by atoms with Gasteiger partial charge in [-0.2, -0.15) is 0 Å². The predicted molar refractivity (Wildman–Crippen MR) is 248 cm³/mol. The minimum Gasteiger partial charge on any atom is -0.294 e. The SMILES string of the molecule is c1ccc(-c2nc(-c3ccccc3)nc(-c3cccc(-c4cccc(-c5cccc(-c6nc(-c7ccccc7)nc7c6c6ccccc6n7-c6ccccc6)c5)c4)c3)n2)cc1. The Balaban J connectivity index is 1.02. The quantitative estimate of drug-likeness (QED) is 0.154. The molecular weight excluding hydrogens is 745 g/mol. The zero-order valence-corrected chi connectivity index (χ0v) is 33.0. The van der Waals surface area contributed by atoms with Crippen LogP contribution in [-0.4, -0.2) is 29.5 Å². The third-order valence-corrected chi connectivity index (χ3v) is 11.0. The van der Waals surface area contributed by atoms with E-state index in [0.29, 0.717) is 23.3 Å². The van der Waals surface area contributed by atoms with Crippen molar-refractivity contribution in [3.8, 4) is 84.7 Å². The monoisotopic (exact) mass is 780 g/mol. The van der Waals surface area contributed by atoms with Crippen molar-refractivity contribution in [1.29, 1.82) is 0 Å². The molecule has 0 aliphatic heterocycles. The van der Waals surface area contributed by atoms with Crippen LogP contribution in [0.2, 0.25) is 0 Å². The molecule has 61 heavy (non-hydrogen) atoms. The van der Waals surface area contributed by atoms with Gasteiger partial charge in [-0.25, -0.2) is 24.9 Å². The molecule has 0 atom stereocenters. The van der Waals surface area contributed by atoms with Gasteiger partial charge in [0, 0.05) is 38.9 Å². The lowest BCUT2D eigenvalue weighted by Crippen LogP contribution is -2.00. The number of hydrogen-bond donors (Lipinski definition) is 0. The van der Waals surface area contributed by atoms with Gasteiger partial charge in [0.05, 0.1) is 16.6 Å². The number of rotatable bonds is 8. The molecule has 11 rings (SSSR count). The van der Waals surface area contributed by atoms with Crippen molar-refractivity contribution < 1.29 is 0 Å². The van der Waals surface area contributed by atoms with Gasteiger partial charge in [0.1, 0.15) is 5.65 Å². The molecule has 6 nitrogen and oxygen atoms in total. The van der Waals surface area contributed by atoms with Crippen LogP contribution in [0.1, 0.15) is 0 Å². The average Bonchev–Trinajstić information content (AvgIpc) is 3.69. The highest BCUT2D eigenvalue weighted by molar-refractivity contribution is 6.14. The highest BCUT2D eigenvalue weighted by Crippen LogP contribution is 2.39. The summed E-state index contributed by atoms with van der Waals surface area (Å²) in [4.78, 5) is 25.5. The van der Waals surface area contributed by atoms with Crippen molar-refractivity contribution >= 4 is 21.9 Å². The molecule has 0 amide bonds. The second-order valence-corrected chi connectivity index (χ2v) is 14.9. The predicted octanol–water partition coefficient (Wildman–Crippen LogP) is 13.4. The molecule has 3 heterocycles. The molecule has 6 heteroatoms. The smallest absolute Gasteiger partial charge is 0.164 e.